The van der Waals surface area contributed by atoms with E-state index in [-0.39, 0.29) is 18.5 Å². The van der Waals surface area contributed by atoms with Crippen LogP contribution in [0.2, 0.25) is 0 Å². The highest BCUT2D eigenvalue weighted by Gasteiger charge is 2.34. The van der Waals surface area contributed by atoms with Gasteiger partial charge in [-0.25, -0.2) is 4.39 Å². The summed E-state index contributed by atoms with van der Waals surface area (Å²) in [5, 5.41) is 11.4. The lowest BCUT2D eigenvalue weighted by Crippen LogP contribution is -2.20. The number of aliphatic hydroxyl groups is 1. The first kappa shape index (κ1) is 28.4. The van der Waals surface area contributed by atoms with Crippen LogP contribution in [0.4, 0.5) is 4.39 Å². The summed E-state index contributed by atoms with van der Waals surface area (Å²) in [4.78, 5) is 12.0. The lowest BCUT2D eigenvalue weighted by atomic mass is 9.79. The Kier molecular flexibility index (Phi) is 8.76. The fourth-order valence-corrected chi connectivity index (χ4v) is 4.84. The zero-order chi connectivity index (χ0) is 28.2. The van der Waals surface area contributed by atoms with Crippen LogP contribution in [-0.4, -0.2) is 25.3 Å². The molecule has 1 N–H and O–H groups in total. The first-order valence-electron chi connectivity index (χ1n) is 13.2. The Hall–Kier alpha value is -3.64. The van der Waals surface area contributed by atoms with Gasteiger partial charge in [0.2, 0.25) is 0 Å². The maximum absolute atomic E-state index is 14.9. The molecule has 3 aromatic rings. The van der Waals surface area contributed by atoms with Crippen LogP contribution in [0.5, 0.6) is 11.5 Å². The summed E-state index contributed by atoms with van der Waals surface area (Å²) < 4.78 is 31.3. The van der Waals surface area contributed by atoms with Gasteiger partial charge in [0.25, 0.3) is 0 Å². The van der Waals surface area contributed by atoms with E-state index in [9.17, 15) is 14.3 Å². The van der Waals surface area contributed by atoms with Gasteiger partial charge < -0.3 is 19.3 Å². The van der Waals surface area contributed by atoms with Gasteiger partial charge in [-0.3, -0.25) is 4.79 Å². The van der Waals surface area contributed by atoms with Crippen molar-refractivity contribution < 1.29 is 28.5 Å². The van der Waals surface area contributed by atoms with E-state index in [1.54, 1.807) is 18.2 Å². The molecule has 0 unspecified atom stereocenters. The summed E-state index contributed by atoms with van der Waals surface area (Å²) in [6.45, 7) is 7.90. The molecule has 3 aromatic carbocycles. The van der Waals surface area contributed by atoms with Crippen molar-refractivity contribution in [1.29, 1.82) is 0 Å². The maximum Gasteiger partial charge on any atom is 0.306 e. The van der Waals surface area contributed by atoms with Crippen molar-refractivity contribution in [2.75, 3.05) is 14.2 Å². The van der Waals surface area contributed by atoms with Gasteiger partial charge in [0.15, 0.2) is 0 Å². The first-order valence-corrected chi connectivity index (χ1v) is 13.2. The van der Waals surface area contributed by atoms with Crippen LogP contribution < -0.4 is 9.47 Å². The zero-order valence-electron chi connectivity index (χ0n) is 23.1. The molecular weight excluding hydrogens is 495 g/mol. The number of halogens is 1. The van der Waals surface area contributed by atoms with E-state index in [4.69, 9.17) is 14.2 Å². The third-order valence-corrected chi connectivity index (χ3v) is 7.60. The van der Waals surface area contributed by atoms with Crippen molar-refractivity contribution in [1.82, 2.24) is 0 Å². The Bertz CT molecular complexity index is 1330. The van der Waals surface area contributed by atoms with Gasteiger partial charge in [0.1, 0.15) is 23.9 Å². The maximum atomic E-state index is 14.9. The van der Waals surface area contributed by atoms with E-state index >= 15 is 0 Å². The number of aliphatic hydroxyl groups excluding tert-OH is 1. The molecule has 0 bridgehead atoms. The Labute approximate surface area is 230 Å². The Morgan fingerprint density at radius 3 is 2.51 bits per heavy atom. The predicted octanol–water partition coefficient (Wildman–Crippen LogP) is 7.38. The summed E-state index contributed by atoms with van der Waals surface area (Å²) >= 11 is 0. The molecule has 4 rings (SSSR count). The topological polar surface area (TPSA) is 65.0 Å². The van der Waals surface area contributed by atoms with Crippen LogP contribution in [-0.2, 0) is 16.1 Å². The Morgan fingerprint density at radius 1 is 1.08 bits per heavy atom. The fraction of sp³-hybridized carbons (Fsp3) is 0.364. The highest BCUT2D eigenvalue weighted by atomic mass is 19.1. The molecule has 0 saturated heterocycles. The number of esters is 1. The molecule has 0 spiro atoms. The van der Waals surface area contributed by atoms with Gasteiger partial charge in [-0.2, -0.15) is 0 Å². The van der Waals surface area contributed by atoms with Crippen LogP contribution in [0.3, 0.4) is 0 Å². The molecule has 2 atom stereocenters. The van der Waals surface area contributed by atoms with Gasteiger partial charge in [-0.05, 0) is 83.3 Å². The zero-order valence-corrected chi connectivity index (χ0v) is 23.1. The normalized spacial score (nSPS) is 14.8. The summed E-state index contributed by atoms with van der Waals surface area (Å²) in [5.74, 6) is 1.21. The molecule has 39 heavy (non-hydrogen) atoms. The lowest BCUT2D eigenvalue weighted by molar-refractivity contribution is -0.141. The highest BCUT2D eigenvalue weighted by molar-refractivity contribution is 5.71. The van der Waals surface area contributed by atoms with E-state index in [1.165, 1.54) is 20.3 Å². The van der Waals surface area contributed by atoms with Crippen LogP contribution in [0.1, 0.15) is 61.8 Å². The molecular formula is C33H37FO5. The molecule has 0 radical (unpaired) electrons. The number of rotatable bonds is 12. The van der Waals surface area contributed by atoms with Gasteiger partial charge in [0, 0.05) is 11.0 Å². The smallest absolute Gasteiger partial charge is 0.306 e. The van der Waals surface area contributed by atoms with E-state index in [0.717, 1.165) is 24.0 Å². The Balaban J connectivity index is 1.62. The monoisotopic (exact) mass is 532 g/mol. The second-order valence-corrected chi connectivity index (χ2v) is 10.8. The molecule has 206 valence electrons. The minimum atomic E-state index is -0.934. The van der Waals surface area contributed by atoms with Gasteiger partial charge in [-0.1, -0.05) is 44.2 Å². The molecule has 6 heteroatoms. The van der Waals surface area contributed by atoms with Crippen LogP contribution >= 0.6 is 0 Å². The molecule has 1 saturated carbocycles. The summed E-state index contributed by atoms with van der Waals surface area (Å²) in [6.07, 6.45) is 3.34. The van der Waals surface area contributed by atoms with Gasteiger partial charge in [-0.15, -0.1) is 6.58 Å². The summed E-state index contributed by atoms with van der Waals surface area (Å²) in [5.41, 5.74) is 2.74. The largest absolute Gasteiger partial charge is 0.497 e. The SMILES string of the molecule is C=CC(C)(C)[C@H](O)c1cc(COc2cccc([C@H](CC(=O)OC)C3CC3)c2)ccc1-c1cc(OC)ccc1F. The van der Waals surface area contributed by atoms with E-state index < -0.39 is 17.3 Å². The number of carbonyl (C=O) groups excluding carboxylic acids is 1. The number of carbonyl (C=O) groups is 1. The lowest BCUT2D eigenvalue weighted by Gasteiger charge is -2.29. The van der Waals surface area contributed by atoms with Crippen LogP contribution in [0.25, 0.3) is 11.1 Å². The second-order valence-electron chi connectivity index (χ2n) is 10.8. The third kappa shape index (κ3) is 6.69. The van der Waals surface area contributed by atoms with Crippen LogP contribution in [0, 0.1) is 17.2 Å². The average Bonchev–Trinajstić information content (AvgIpc) is 3.80. The molecule has 1 fully saturated rings. The summed E-state index contributed by atoms with van der Waals surface area (Å²) in [7, 11) is 2.95. The van der Waals surface area contributed by atoms with E-state index in [1.807, 2.05) is 56.3 Å². The average molecular weight is 533 g/mol. The first-order chi connectivity index (χ1) is 18.7. The summed E-state index contributed by atoms with van der Waals surface area (Å²) in [6, 6.07) is 18.0. The minimum Gasteiger partial charge on any atom is -0.497 e. The van der Waals surface area contributed by atoms with Crippen LogP contribution in [0.15, 0.2) is 73.3 Å². The second kappa shape index (κ2) is 12.0. The van der Waals surface area contributed by atoms with Gasteiger partial charge in [0.05, 0.1) is 26.7 Å². The van der Waals surface area contributed by atoms with Crippen molar-refractivity contribution in [3.8, 4) is 22.6 Å². The van der Waals surface area contributed by atoms with Gasteiger partial charge >= 0.3 is 5.97 Å². The minimum absolute atomic E-state index is 0.112. The van der Waals surface area contributed by atoms with Crippen molar-refractivity contribution in [2.45, 2.75) is 51.7 Å². The molecule has 5 nitrogen and oxygen atoms in total. The van der Waals surface area contributed by atoms with E-state index in [2.05, 4.69) is 6.58 Å². The number of hydrogen-bond donors (Lipinski definition) is 1. The number of benzene rings is 3. The molecule has 0 amide bonds. The number of ether oxygens (including phenoxy) is 3. The molecule has 1 aliphatic carbocycles. The third-order valence-electron chi connectivity index (χ3n) is 7.60. The highest BCUT2D eigenvalue weighted by Crippen LogP contribution is 2.45. The molecule has 1 aliphatic rings. The standard InChI is InChI=1S/C33H37FO5/c1-6-33(2,3)32(36)29-16-21(10-14-26(29)28-18-24(37-4)13-15-30(28)34)20-39-25-9-7-8-23(17-25)27(22-11-12-22)19-31(35)38-5/h6-10,13-18,22,27,32,36H,1,11-12,19-20H2,2-5H3/t27-,32-/m1/s1. The van der Waals surface area contributed by atoms with Crippen molar-refractivity contribution in [3.05, 3.63) is 95.8 Å². The number of methoxy groups -OCH3 is 2. The van der Waals surface area contributed by atoms with Crippen molar-refractivity contribution in [3.63, 3.8) is 0 Å². The van der Waals surface area contributed by atoms with E-state index in [0.29, 0.717) is 40.5 Å². The molecule has 0 aliphatic heterocycles. The number of hydrogen-bond acceptors (Lipinski definition) is 5. The van der Waals surface area contributed by atoms with Crippen molar-refractivity contribution >= 4 is 5.97 Å². The van der Waals surface area contributed by atoms with Crippen molar-refractivity contribution in [2.24, 2.45) is 11.3 Å². The predicted molar refractivity (Wildman–Crippen MR) is 150 cm³/mol. The fourth-order valence-electron chi connectivity index (χ4n) is 4.84. The molecule has 0 heterocycles. The Morgan fingerprint density at radius 2 is 1.85 bits per heavy atom. The molecule has 0 aromatic heterocycles. The quantitative estimate of drug-likeness (QED) is 0.195.